The summed E-state index contributed by atoms with van der Waals surface area (Å²) in [7, 11) is 0. The highest BCUT2D eigenvalue weighted by atomic mass is 127. The maximum Gasteiger partial charge on any atom is 0.193 e. The van der Waals surface area contributed by atoms with Gasteiger partial charge in [0.2, 0.25) is 0 Å². The Kier molecular flexibility index (Phi) is 6.06. The van der Waals surface area contributed by atoms with E-state index in [-0.39, 0.29) is 24.0 Å². The van der Waals surface area contributed by atoms with E-state index in [1.807, 2.05) is 19.1 Å². The summed E-state index contributed by atoms with van der Waals surface area (Å²) in [6.07, 6.45) is 1.66. The molecule has 0 bridgehead atoms. The second-order valence-corrected chi connectivity index (χ2v) is 4.65. The molecule has 108 valence electrons. The van der Waals surface area contributed by atoms with Gasteiger partial charge in [-0.25, -0.2) is 4.99 Å². The molecular formula is C15H20IN3O. The van der Waals surface area contributed by atoms with E-state index in [1.165, 1.54) is 11.1 Å². The highest BCUT2D eigenvalue weighted by Gasteiger charge is 2.01. The molecular weight excluding hydrogens is 365 g/mol. The van der Waals surface area contributed by atoms with Crippen LogP contribution in [0.5, 0.6) is 0 Å². The second-order valence-electron chi connectivity index (χ2n) is 4.65. The summed E-state index contributed by atoms with van der Waals surface area (Å²) >= 11 is 0. The van der Waals surface area contributed by atoms with Crippen LogP contribution in [0.15, 0.2) is 39.9 Å². The van der Waals surface area contributed by atoms with Crippen LogP contribution in [-0.4, -0.2) is 5.96 Å². The number of furan rings is 1. The van der Waals surface area contributed by atoms with Crippen LogP contribution >= 0.6 is 24.0 Å². The summed E-state index contributed by atoms with van der Waals surface area (Å²) in [5, 5.41) is 3.08. The Morgan fingerprint density at radius 2 is 1.90 bits per heavy atom. The fraction of sp³-hybridized carbons (Fsp3) is 0.267. The number of guanidine groups is 1. The van der Waals surface area contributed by atoms with Crippen molar-refractivity contribution in [2.24, 2.45) is 10.7 Å². The van der Waals surface area contributed by atoms with Crippen molar-refractivity contribution in [1.29, 1.82) is 0 Å². The number of halogens is 1. The summed E-state index contributed by atoms with van der Waals surface area (Å²) in [5.74, 6) is 1.23. The van der Waals surface area contributed by atoms with Crippen LogP contribution in [-0.2, 0) is 6.54 Å². The Morgan fingerprint density at radius 1 is 1.15 bits per heavy atom. The minimum atomic E-state index is 0. The van der Waals surface area contributed by atoms with Gasteiger partial charge in [-0.05, 0) is 55.7 Å². The van der Waals surface area contributed by atoms with Gasteiger partial charge >= 0.3 is 0 Å². The first-order chi connectivity index (χ1) is 9.06. The molecule has 2 rings (SSSR count). The molecule has 1 heterocycles. The number of aryl methyl sites for hydroxylation is 3. The lowest BCUT2D eigenvalue weighted by molar-refractivity contribution is 0.510. The molecule has 1 aromatic heterocycles. The van der Waals surface area contributed by atoms with Crippen molar-refractivity contribution >= 4 is 35.6 Å². The Balaban J connectivity index is 0.00000200. The lowest BCUT2D eigenvalue weighted by Gasteiger charge is -2.07. The standard InChI is InChI=1S/C15H19N3O.HI/c1-10-4-5-13(8-12(10)3)18-15(16)17-9-14-11(2)6-7-19-14;/h4-8H,9H2,1-3H3,(H3,16,17,18);1H. The minimum Gasteiger partial charge on any atom is -0.467 e. The number of anilines is 1. The van der Waals surface area contributed by atoms with Crippen molar-refractivity contribution in [3.05, 3.63) is 53.0 Å². The summed E-state index contributed by atoms with van der Waals surface area (Å²) in [4.78, 5) is 4.26. The van der Waals surface area contributed by atoms with Crippen molar-refractivity contribution in [1.82, 2.24) is 0 Å². The molecule has 0 spiro atoms. The minimum absolute atomic E-state index is 0. The molecule has 0 saturated carbocycles. The lowest BCUT2D eigenvalue weighted by atomic mass is 10.1. The molecule has 0 aliphatic carbocycles. The van der Waals surface area contributed by atoms with E-state index in [0.29, 0.717) is 12.5 Å². The SMILES string of the molecule is Cc1ccc(NC(N)=NCc2occc2C)cc1C.I. The number of hydrogen-bond donors (Lipinski definition) is 2. The van der Waals surface area contributed by atoms with E-state index in [9.17, 15) is 0 Å². The predicted molar refractivity (Wildman–Crippen MR) is 93.7 cm³/mol. The Labute approximate surface area is 136 Å². The zero-order chi connectivity index (χ0) is 13.8. The highest BCUT2D eigenvalue weighted by molar-refractivity contribution is 14.0. The van der Waals surface area contributed by atoms with Crippen molar-refractivity contribution in [2.75, 3.05) is 5.32 Å². The van der Waals surface area contributed by atoms with Crippen molar-refractivity contribution < 1.29 is 4.42 Å². The monoisotopic (exact) mass is 385 g/mol. The summed E-state index contributed by atoms with van der Waals surface area (Å²) in [6.45, 7) is 6.58. The highest BCUT2D eigenvalue weighted by Crippen LogP contribution is 2.14. The molecule has 0 unspecified atom stereocenters. The number of nitrogens with zero attached hydrogens (tertiary/aromatic N) is 1. The zero-order valence-electron chi connectivity index (χ0n) is 11.9. The normalized spacial score (nSPS) is 11.1. The van der Waals surface area contributed by atoms with Gasteiger partial charge in [0.15, 0.2) is 5.96 Å². The molecule has 0 aliphatic heterocycles. The Hall–Kier alpha value is -1.50. The van der Waals surface area contributed by atoms with Gasteiger partial charge in [-0.2, -0.15) is 0 Å². The molecule has 4 nitrogen and oxygen atoms in total. The van der Waals surface area contributed by atoms with Gasteiger partial charge in [0.25, 0.3) is 0 Å². The number of aliphatic imine (C=N–C) groups is 1. The molecule has 0 radical (unpaired) electrons. The van der Waals surface area contributed by atoms with Gasteiger partial charge < -0.3 is 15.5 Å². The van der Waals surface area contributed by atoms with Crippen LogP contribution in [0.3, 0.4) is 0 Å². The summed E-state index contributed by atoms with van der Waals surface area (Å²) < 4.78 is 5.31. The van der Waals surface area contributed by atoms with Crippen LogP contribution in [0.25, 0.3) is 0 Å². The van der Waals surface area contributed by atoms with Crippen molar-refractivity contribution in [3.63, 3.8) is 0 Å². The first kappa shape index (κ1) is 16.6. The number of nitrogens with one attached hydrogen (secondary N) is 1. The van der Waals surface area contributed by atoms with Crippen LogP contribution in [0.4, 0.5) is 5.69 Å². The van der Waals surface area contributed by atoms with Gasteiger partial charge in [-0.1, -0.05) is 6.07 Å². The van der Waals surface area contributed by atoms with E-state index in [1.54, 1.807) is 6.26 Å². The largest absolute Gasteiger partial charge is 0.467 e. The van der Waals surface area contributed by atoms with Crippen molar-refractivity contribution in [3.8, 4) is 0 Å². The molecule has 5 heteroatoms. The fourth-order valence-corrected chi connectivity index (χ4v) is 1.73. The first-order valence-corrected chi connectivity index (χ1v) is 6.23. The molecule has 0 aliphatic rings. The number of rotatable bonds is 3. The van der Waals surface area contributed by atoms with Crippen LogP contribution < -0.4 is 11.1 Å². The fourth-order valence-electron chi connectivity index (χ4n) is 1.73. The van der Waals surface area contributed by atoms with Crippen LogP contribution in [0.2, 0.25) is 0 Å². The zero-order valence-corrected chi connectivity index (χ0v) is 14.3. The molecule has 2 aromatic rings. The smallest absolute Gasteiger partial charge is 0.193 e. The number of nitrogens with two attached hydrogens (primary N) is 1. The average molecular weight is 385 g/mol. The first-order valence-electron chi connectivity index (χ1n) is 6.23. The average Bonchev–Trinajstić information content (AvgIpc) is 2.77. The van der Waals surface area contributed by atoms with Gasteiger partial charge in [0.1, 0.15) is 12.3 Å². The van der Waals surface area contributed by atoms with Gasteiger partial charge in [-0.3, -0.25) is 0 Å². The molecule has 1 aromatic carbocycles. The third-order valence-electron chi connectivity index (χ3n) is 3.14. The predicted octanol–water partition coefficient (Wildman–Crippen LogP) is 3.75. The number of hydrogen-bond acceptors (Lipinski definition) is 2. The molecule has 0 amide bonds. The van der Waals surface area contributed by atoms with E-state index in [4.69, 9.17) is 10.2 Å². The quantitative estimate of drug-likeness (QED) is 0.481. The number of benzene rings is 1. The third kappa shape index (κ3) is 4.26. The van der Waals surface area contributed by atoms with Crippen LogP contribution in [0.1, 0.15) is 22.5 Å². The van der Waals surface area contributed by atoms with E-state index >= 15 is 0 Å². The molecule has 20 heavy (non-hydrogen) atoms. The summed E-state index contributed by atoms with van der Waals surface area (Å²) in [5.41, 5.74) is 10.4. The molecule has 0 fully saturated rings. The maximum absolute atomic E-state index is 5.86. The lowest BCUT2D eigenvalue weighted by Crippen LogP contribution is -2.22. The topological polar surface area (TPSA) is 63.5 Å². The van der Waals surface area contributed by atoms with E-state index < -0.39 is 0 Å². The van der Waals surface area contributed by atoms with Crippen LogP contribution in [0, 0.1) is 20.8 Å². The maximum atomic E-state index is 5.86. The van der Waals surface area contributed by atoms with E-state index in [0.717, 1.165) is 17.0 Å². The molecule has 3 N–H and O–H groups in total. The van der Waals surface area contributed by atoms with Gasteiger partial charge in [-0.15, -0.1) is 24.0 Å². The van der Waals surface area contributed by atoms with E-state index in [2.05, 4.69) is 36.3 Å². The van der Waals surface area contributed by atoms with Gasteiger partial charge in [0.05, 0.1) is 6.26 Å². The van der Waals surface area contributed by atoms with Gasteiger partial charge in [0, 0.05) is 5.69 Å². The molecule has 0 atom stereocenters. The van der Waals surface area contributed by atoms with Crippen molar-refractivity contribution in [2.45, 2.75) is 27.3 Å². The second kappa shape index (κ2) is 7.33. The summed E-state index contributed by atoms with van der Waals surface area (Å²) in [6, 6.07) is 8.01. The molecule has 0 saturated heterocycles. The Morgan fingerprint density at radius 3 is 2.50 bits per heavy atom. The Bertz CT molecular complexity index is 605. The third-order valence-corrected chi connectivity index (χ3v) is 3.14.